The van der Waals surface area contributed by atoms with E-state index in [0.717, 1.165) is 11.1 Å². The predicted molar refractivity (Wildman–Crippen MR) is 144 cm³/mol. The van der Waals surface area contributed by atoms with E-state index in [2.05, 4.69) is 10.0 Å². The lowest BCUT2D eigenvalue weighted by atomic mass is 10.0. The van der Waals surface area contributed by atoms with Crippen LogP contribution in [-0.2, 0) is 14.8 Å². The molecule has 38 heavy (non-hydrogen) atoms. The predicted octanol–water partition coefficient (Wildman–Crippen LogP) is 3.52. The van der Waals surface area contributed by atoms with Gasteiger partial charge in [0.2, 0.25) is 5.91 Å². The van der Waals surface area contributed by atoms with Crippen molar-refractivity contribution in [2.45, 2.75) is 37.8 Å². The Kier molecular flexibility index (Phi) is 7.91. The van der Waals surface area contributed by atoms with Gasteiger partial charge in [-0.05, 0) is 49.7 Å². The number of likely N-dealkylation sites (tertiary alicyclic amines) is 1. The number of hydrogen-bond acceptors (Lipinski definition) is 6. The molecule has 0 aromatic heterocycles. The van der Waals surface area contributed by atoms with E-state index in [1.807, 2.05) is 32.0 Å². The van der Waals surface area contributed by atoms with Crippen molar-refractivity contribution in [2.24, 2.45) is 0 Å². The summed E-state index contributed by atoms with van der Waals surface area (Å²) < 4.78 is 39.9. The van der Waals surface area contributed by atoms with Crippen molar-refractivity contribution in [3.05, 3.63) is 83.4 Å². The average molecular weight is 538 g/mol. The first-order valence-electron chi connectivity index (χ1n) is 12.1. The van der Waals surface area contributed by atoms with Gasteiger partial charge in [0.25, 0.3) is 15.9 Å². The monoisotopic (exact) mass is 537 g/mol. The van der Waals surface area contributed by atoms with Crippen LogP contribution in [0.2, 0.25) is 0 Å². The van der Waals surface area contributed by atoms with Crippen LogP contribution in [-0.4, -0.2) is 57.5 Å². The number of amides is 2. The number of hydrogen-bond donors (Lipinski definition) is 2. The molecule has 2 unspecified atom stereocenters. The summed E-state index contributed by atoms with van der Waals surface area (Å²) in [6.45, 7) is 5.78. The summed E-state index contributed by atoms with van der Waals surface area (Å²) in [7, 11) is -2.52. The number of aryl methyl sites for hydroxylation is 2. The molecule has 0 aliphatic carbocycles. The standard InChI is InChI=1S/C28H31N3O6S/c1-18-12-13-19(2)23(14-18)28(33)31-16-24(29-20(3)32)26(17-31)37-22-9-7-8-21(15-22)30-38(34,35)27-11-6-5-10-25(27)36-4/h5-15,24,26,30H,16-17H2,1-4H3,(H,29,32). The van der Waals surface area contributed by atoms with Crippen molar-refractivity contribution >= 4 is 27.5 Å². The van der Waals surface area contributed by atoms with E-state index in [9.17, 15) is 18.0 Å². The smallest absolute Gasteiger partial charge is 0.265 e. The maximum absolute atomic E-state index is 13.3. The van der Waals surface area contributed by atoms with Gasteiger partial charge in [0, 0.05) is 25.1 Å². The first-order chi connectivity index (χ1) is 18.1. The van der Waals surface area contributed by atoms with Gasteiger partial charge in [0.05, 0.1) is 25.4 Å². The van der Waals surface area contributed by atoms with Gasteiger partial charge < -0.3 is 19.7 Å². The molecule has 10 heteroatoms. The molecule has 0 spiro atoms. The van der Waals surface area contributed by atoms with Crippen LogP contribution in [0.1, 0.15) is 28.4 Å². The minimum atomic E-state index is -3.93. The Morgan fingerprint density at radius 2 is 1.74 bits per heavy atom. The zero-order valence-corrected chi connectivity index (χ0v) is 22.5. The lowest BCUT2D eigenvalue weighted by Crippen LogP contribution is -2.44. The number of ether oxygens (including phenoxy) is 2. The molecular formula is C28H31N3O6S. The molecule has 3 aromatic rings. The van der Waals surface area contributed by atoms with Gasteiger partial charge in [-0.3, -0.25) is 14.3 Å². The van der Waals surface area contributed by atoms with Gasteiger partial charge in [-0.2, -0.15) is 0 Å². The third-order valence-electron chi connectivity index (χ3n) is 6.30. The molecule has 2 atom stereocenters. The average Bonchev–Trinajstić information content (AvgIpc) is 3.26. The molecule has 200 valence electrons. The summed E-state index contributed by atoms with van der Waals surface area (Å²) in [6, 6.07) is 18.2. The molecule has 0 bridgehead atoms. The van der Waals surface area contributed by atoms with Gasteiger partial charge in [-0.25, -0.2) is 8.42 Å². The van der Waals surface area contributed by atoms with Crippen LogP contribution in [0.25, 0.3) is 0 Å². The number of sulfonamides is 1. The van der Waals surface area contributed by atoms with Crippen molar-refractivity contribution in [2.75, 3.05) is 24.9 Å². The topological polar surface area (TPSA) is 114 Å². The van der Waals surface area contributed by atoms with Gasteiger partial charge in [0.15, 0.2) is 0 Å². The largest absolute Gasteiger partial charge is 0.495 e. The molecule has 2 N–H and O–H groups in total. The van der Waals surface area contributed by atoms with Gasteiger partial charge in [-0.1, -0.05) is 35.9 Å². The molecule has 9 nitrogen and oxygen atoms in total. The number of carbonyl (C=O) groups excluding carboxylic acids is 2. The lowest BCUT2D eigenvalue weighted by Gasteiger charge is -2.21. The van der Waals surface area contributed by atoms with Crippen molar-refractivity contribution in [3.8, 4) is 11.5 Å². The quantitative estimate of drug-likeness (QED) is 0.455. The number of carbonyl (C=O) groups is 2. The molecule has 0 saturated carbocycles. The number of nitrogens with one attached hydrogen (secondary N) is 2. The molecule has 4 rings (SSSR count). The van der Waals surface area contributed by atoms with E-state index in [1.165, 1.54) is 20.1 Å². The van der Waals surface area contributed by atoms with Crippen LogP contribution in [0.3, 0.4) is 0 Å². The first-order valence-corrected chi connectivity index (χ1v) is 13.6. The Morgan fingerprint density at radius 3 is 2.47 bits per heavy atom. The zero-order chi connectivity index (χ0) is 27.4. The number of anilines is 1. The Hall–Kier alpha value is -4.05. The van der Waals surface area contributed by atoms with Crippen LogP contribution in [0.15, 0.2) is 71.6 Å². The van der Waals surface area contributed by atoms with Gasteiger partial charge in [0.1, 0.15) is 22.5 Å². The molecule has 3 aromatic carbocycles. The van der Waals surface area contributed by atoms with Gasteiger partial charge >= 0.3 is 0 Å². The number of nitrogens with zero attached hydrogens (tertiary/aromatic N) is 1. The second-order valence-corrected chi connectivity index (χ2v) is 10.9. The Bertz CT molecular complexity index is 1460. The molecule has 1 saturated heterocycles. The van der Waals surface area contributed by atoms with Crippen LogP contribution in [0.5, 0.6) is 11.5 Å². The number of rotatable bonds is 8. The Morgan fingerprint density at radius 1 is 0.974 bits per heavy atom. The lowest BCUT2D eigenvalue weighted by molar-refractivity contribution is -0.120. The maximum atomic E-state index is 13.3. The summed E-state index contributed by atoms with van der Waals surface area (Å²) in [5.74, 6) is 0.255. The van der Waals surface area contributed by atoms with E-state index in [-0.39, 0.29) is 35.5 Å². The fraction of sp³-hybridized carbons (Fsp3) is 0.286. The Balaban J connectivity index is 1.53. The van der Waals surface area contributed by atoms with E-state index in [4.69, 9.17) is 9.47 Å². The normalized spacial score (nSPS) is 17.1. The first kappa shape index (κ1) is 27.0. The third kappa shape index (κ3) is 6.08. The van der Waals surface area contributed by atoms with E-state index in [0.29, 0.717) is 17.0 Å². The highest BCUT2D eigenvalue weighted by molar-refractivity contribution is 7.92. The highest BCUT2D eigenvalue weighted by Crippen LogP contribution is 2.28. The van der Waals surface area contributed by atoms with Crippen LogP contribution in [0.4, 0.5) is 5.69 Å². The minimum absolute atomic E-state index is 0.0101. The zero-order valence-electron chi connectivity index (χ0n) is 21.7. The second-order valence-electron chi connectivity index (χ2n) is 9.28. The minimum Gasteiger partial charge on any atom is -0.495 e. The fourth-order valence-electron chi connectivity index (χ4n) is 4.45. The van der Waals surface area contributed by atoms with Crippen molar-refractivity contribution in [3.63, 3.8) is 0 Å². The summed E-state index contributed by atoms with van der Waals surface area (Å²) in [5.41, 5.74) is 2.76. The molecule has 0 radical (unpaired) electrons. The van der Waals surface area contributed by atoms with Crippen LogP contribution in [0, 0.1) is 13.8 Å². The van der Waals surface area contributed by atoms with E-state index < -0.39 is 22.2 Å². The van der Waals surface area contributed by atoms with Crippen LogP contribution < -0.4 is 19.5 Å². The fourth-order valence-corrected chi connectivity index (χ4v) is 5.68. The SMILES string of the molecule is COc1ccccc1S(=O)(=O)Nc1cccc(OC2CN(C(=O)c3cc(C)ccc3C)CC2NC(C)=O)c1. The third-order valence-corrected chi connectivity index (χ3v) is 7.72. The van der Waals surface area contributed by atoms with E-state index >= 15 is 0 Å². The van der Waals surface area contributed by atoms with Crippen molar-refractivity contribution < 1.29 is 27.5 Å². The van der Waals surface area contributed by atoms with Crippen LogP contribution >= 0.6 is 0 Å². The molecule has 1 aliphatic heterocycles. The summed E-state index contributed by atoms with van der Waals surface area (Å²) in [4.78, 5) is 26.9. The van der Waals surface area contributed by atoms with Crippen molar-refractivity contribution in [1.29, 1.82) is 0 Å². The molecule has 1 aliphatic rings. The van der Waals surface area contributed by atoms with Crippen molar-refractivity contribution in [1.82, 2.24) is 10.2 Å². The summed E-state index contributed by atoms with van der Waals surface area (Å²) in [5, 5.41) is 2.88. The highest BCUT2D eigenvalue weighted by atomic mass is 32.2. The highest BCUT2D eigenvalue weighted by Gasteiger charge is 2.38. The molecule has 2 amide bonds. The van der Waals surface area contributed by atoms with E-state index in [1.54, 1.807) is 47.4 Å². The second kappa shape index (κ2) is 11.1. The summed E-state index contributed by atoms with van der Waals surface area (Å²) in [6.07, 6.45) is -0.533. The molecule has 1 heterocycles. The number of benzene rings is 3. The number of methoxy groups -OCH3 is 1. The molecular weight excluding hydrogens is 506 g/mol. The Labute approximate surface area is 222 Å². The molecule has 1 fully saturated rings. The van der Waals surface area contributed by atoms with Gasteiger partial charge in [-0.15, -0.1) is 0 Å². The summed E-state index contributed by atoms with van der Waals surface area (Å²) >= 11 is 0. The number of para-hydroxylation sites is 1. The maximum Gasteiger partial charge on any atom is 0.265 e.